The van der Waals surface area contributed by atoms with Gasteiger partial charge in [0.15, 0.2) is 0 Å². The number of likely N-dealkylation sites (tertiary alicyclic amines) is 1. The molecule has 1 unspecified atom stereocenters. The Morgan fingerprint density at radius 3 is 2.43 bits per heavy atom. The van der Waals surface area contributed by atoms with E-state index in [9.17, 15) is 14.4 Å². The Hall–Kier alpha value is -2.94. The molecule has 0 aromatic heterocycles. The maximum atomic E-state index is 13.8. The van der Waals surface area contributed by atoms with Gasteiger partial charge in [-0.2, -0.15) is 0 Å². The zero-order chi connectivity index (χ0) is 25.0. The molecule has 2 aromatic rings. The SMILES string of the molecule is COCCNC(=O)C1COC2(CCN(C(=O)c3ccc(Cl)cc3)CC2)N1C(=O)c1ccccc1C. The maximum Gasteiger partial charge on any atom is 0.257 e. The summed E-state index contributed by atoms with van der Waals surface area (Å²) in [7, 11) is 1.56. The van der Waals surface area contributed by atoms with Crippen LogP contribution in [0.25, 0.3) is 0 Å². The average molecular weight is 500 g/mol. The predicted octanol–water partition coefficient (Wildman–Crippen LogP) is 2.88. The summed E-state index contributed by atoms with van der Waals surface area (Å²) in [4.78, 5) is 43.2. The van der Waals surface area contributed by atoms with Gasteiger partial charge in [0.2, 0.25) is 5.91 Å². The topological polar surface area (TPSA) is 88.2 Å². The summed E-state index contributed by atoms with van der Waals surface area (Å²) in [5.74, 6) is -0.620. The maximum absolute atomic E-state index is 13.8. The molecule has 0 radical (unpaired) electrons. The Kier molecular flexibility index (Phi) is 7.74. The Morgan fingerprint density at radius 2 is 1.77 bits per heavy atom. The highest BCUT2D eigenvalue weighted by molar-refractivity contribution is 6.30. The summed E-state index contributed by atoms with van der Waals surface area (Å²) in [5, 5.41) is 3.41. The number of carbonyl (C=O) groups excluding carboxylic acids is 3. The number of benzene rings is 2. The van der Waals surface area contributed by atoms with Gasteiger partial charge in [-0.1, -0.05) is 29.8 Å². The highest BCUT2D eigenvalue weighted by Crippen LogP contribution is 2.39. The lowest BCUT2D eigenvalue weighted by Gasteiger charge is -2.44. The van der Waals surface area contributed by atoms with Gasteiger partial charge in [0.25, 0.3) is 11.8 Å². The number of rotatable bonds is 6. The molecule has 1 spiro atoms. The van der Waals surface area contributed by atoms with Crippen molar-refractivity contribution in [2.75, 3.05) is 40.0 Å². The third kappa shape index (κ3) is 5.19. The molecular formula is C26H30ClN3O5. The van der Waals surface area contributed by atoms with Crippen LogP contribution in [0.2, 0.25) is 5.02 Å². The Labute approximate surface area is 210 Å². The minimum Gasteiger partial charge on any atom is -0.383 e. The highest BCUT2D eigenvalue weighted by Gasteiger charge is 2.54. The molecule has 3 amide bonds. The van der Waals surface area contributed by atoms with E-state index < -0.39 is 11.8 Å². The number of carbonyl (C=O) groups is 3. The first kappa shape index (κ1) is 25.2. The van der Waals surface area contributed by atoms with Gasteiger partial charge >= 0.3 is 0 Å². The van der Waals surface area contributed by atoms with Crippen molar-refractivity contribution in [1.29, 1.82) is 0 Å². The molecule has 2 heterocycles. The van der Waals surface area contributed by atoms with E-state index in [-0.39, 0.29) is 24.3 Å². The first-order chi connectivity index (χ1) is 16.9. The lowest BCUT2D eigenvalue weighted by atomic mass is 9.95. The molecule has 1 atom stereocenters. The van der Waals surface area contributed by atoms with Gasteiger partial charge in [-0.05, 0) is 42.8 Å². The van der Waals surface area contributed by atoms with Crippen LogP contribution in [-0.2, 0) is 14.3 Å². The first-order valence-electron chi connectivity index (χ1n) is 11.7. The van der Waals surface area contributed by atoms with Crippen molar-refractivity contribution in [2.45, 2.75) is 31.5 Å². The van der Waals surface area contributed by atoms with Crippen LogP contribution >= 0.6 is 11.6 Å². The van der Waals surface area contributed by atoms with E-state index in [1.54, 1.807) is 47.2 Å². The second kappa shape index (κ2) is 10.8. The fourth-order valence-electron chi connectivity index (χ4n) is 4.74. The molecule has 2 aliphatic rings. The van der Waals surface area contributed by atoms with Crippen LogP contribution in [0.4, 0.5) is 0 Å². The number of nitrogens with zero attached hydrogens (tertiary/aromatic N) is 2. The highest BCUT2D eigenvalue weighted by atomic mass is 35.5. The lowest BCUT2D eigenvalue weighted by molar-refractivity contribution is -0.128. The fraction of sp³-hybridized carbons (Fsp3) is 0.423. The van der Waals surface area contributed by atoms with E-state index in [4.69, 9.17) is 21.1 Å². The molecule has 0 aliphatic carbocycles. The van der Waals surface area contributed by atoms with Crippen molar-refractivity contribution >= 4 is 29.3 Å². The van der Waals surface area contributed by atoms with Crippen molar-refractivity contribution in [1.82, 2.24) is 15.1 Å². The number of hydrogen-bond donors (Lipinski definition) is 1. The number of piperidine rings is 1. The second-order valence-corrected chi connectivity index (χ2v) is 9.28. The number of ether oxygens (including phenoxy) is 2. The second-order valence-electron chi connectivity index (χ2n) is 8.85. The van der Waals surface area contributed by atoms with Crippen LogP contribution in [0.15, 0.2) is 48.5 Å². The number of hydrogen-bond acceptors (Lipinski definition) is 5. The average Bonchev–Trinajstić information content (AvgIpc) is 3.23. The van der Waals surface area contributed by atoms with Crippen molar-refractivity contribution in [2.24, 2.45) is 0 Å². The van der Waals surface area contributed by atoms with Crippen molar-refractivity contribution in [3.63, 3.8) is 0 Å². The standard InChI is InChI=1S/C26H30ClN3O5/c1-18-5-3-4-6-21(18)25(33)30-22(23(31)28-13-16-34-2)17-35-26(30)11-14-29(15-12-26)24(32)19-7-9-20(27)10-8-19/h3-10,22H,11-17H2,1-2H3,(H,28,31). The largest absolute Gasteiger partial charge is 0.383 e. The van der Waals surface area contributed by atoms with Gasteiger partial charge in [0.1, 0.15) is 11.8 Å². The zero-order valence-corrected chi connectivity index (χ0v) is 20.7. The van der Waals surface area contributed by atoms with Gasteiger partial charge in [-0.15, -0.1) is 0 Å². The third-order valence-corrected chi connectivity index (χ3v) is 6.94. The summed E-state index contributed by atoms with van der Waals surface area (Å²) in [6.07, 6.45) is 0.817. The van der Waals surface area contributed by atoms with Gasteiger partial charge < -0.3 is 19.7 Å². The van der Waals surface area contributed by atoms with E-state index >= 15 is 0 Å². The van der Waals surface area contributed by atoms with Gasteiger partial charge in [0, 0.05) is 55.7 Å². The number of methoxy groups -OCH3 is 1. The summed E-state index contributed by atoms with van der Waals surface area (Å²) in [5.41, 5.74) is 0.959. The molecule has 2 fully saturated rings. The smallest absolute Gasteiger partial charge is 0.257 e. The Bertz CT molecular complexity index is 1080. The van der Waals surface area contributed by atoms with E-state index in [2.05, 4.69) is 5.32 Å². The molecule has 0 bridgehead atoms. The van der Waals surface area contributed by atoms with Crippen LogP contribution in [0.3, 0.4) is 0 Å². The van der Waals surface area contributed by atoms with Crippen LogP contribution in [0.1, 0.15) is 39.1 Å². The Morgan fingerprint density at radius 1 is 1.09 bits per heavy atom. The monoisotopic (exact) mass is 499 g/mol. The van der Waals surface area contributed by atoms with Crippen LogP contribution < -0.4 is 5.32 Å². The number of amides is 3. The van der Waals surface area contributed by atoms with Crippen LogP contribution in [-0.4, -0.2) is 79.2 Å². The molecule has 35 heavy (non-hydrogen) atoms. The van der Waals surface area contributed by atoms with Gasteiger partial charge in [-0.25, -0.2) is 0 Å². The summed E-state index contributed by atoms with van der Waals surface area (Å²) in [6, 6.07) is 13.3. The molecular weight excluding hydrogens is 470 g/mol. The molecule has 4 rings (SSSR count). The molecule has 186 valence electrons. The summed E-state index contributed by atoms with van der Waals surface area (Å²) >= 11 is 5.95. The number of aryl methyl sites for hydroxylation is 1. The quantitative estimate of drug-likeness (QED) is 0.617. The first-order valence-corrected chi connectivity index (χ1v) is 12.1. The summed E-state index contributed by atoms with van der Waals surface area (Å²) in [6.45, 7) is 3.49. The number of nitrogens with one attached hydrogen (secondary N) is 1. The van der Waals surface area contributed by atoms with Crippen LogP contribution in [0.5, 0.6) is 0 Å². The third-order valence-electron chi connectivity index (χ3n) is 6.69. The molecule has 2 aliphatic heterocycles. The molecule has 2 aromatic carbocycles. The van der Waals surface area contributed by atoms with Gasteiger partial charge in [-0.3, -0.25) is 19.3 Å². The van der Waals surface area contributed by atoms with E-state index in [0.29, 0.717) is 55.2 Å². The molecule has 8 nitrogen and oxygen atoms in total. The van der Waals surface area contributed by atoms with E-state index in [0.717, 1.165) is 5.56 Å². The zero-order valence-electron chi connectivity index (χ0n) is 20.0. The molecule has 9 heteroatoms. The van der Waals surface area contributed by atoms with Crippen molar-refractivity contribution in [3.8, 4) is 0 Å². The molecule has 0 saturated carbocycles. The van der Waals surface area contributed by atoms with Crippen molar-refractivity contribution in [3.05, 3.63) is 70.2 Å². The van der Waals surface area contributed by atoms with Crippen molar-refractivity contribution < 1.29 is 23.9 Å². The predicted molar refractivity (Wildman–Crippen MR) is 131 cm³/mol. The minimum absolute atomic E-state index is 0.0971. The van der Waals surface area contributed by atoms with Crippen LogP contribution in [0, 0.1) is 6.92 Å². The lowest BCUT2D eigenvalue weighted by Crippen LogP contribution is -2.60. The molecule has 2 saturated heterocycles. The minimum atomic E-state index is -0.959. The fourth-order valence-corrected chi connectivity index (χ4v) is 4.86. The normalized spacial score (nSPS) is 19.1. The summed E-state index contributed by atoms with van der Waals surface area (Å²) < 4.78 is 11.3. The van der Waals surface area contributed by atoms with E-state index in [1.807, 2.05) is 25.1 Å². The molecule has 1 N–H and O–H groups in total. The van der Waals surface area contributed by atoms with E-state index in [1.165, 1.54) is 0 Å². The number of halogens is 1. The van der Waals surface area contributed by atoms with Gasteiger partial charge in [0.05, 0.1) is 13.2 Å². The Balaban J connectivity index is 1.56.